The largest absolute Gasteiger partial charge is 0.369 e. The Kier molecular flexibility index (Phi) is 2.29. The molecule has 0 spiro atoms. The number of nitrogen functional groups attached to an aromatic ring is 1. The summed E-state index contributed by atoms with van der Waals surface area (Å²) in [6.07, 6.45) is 1.73. The summed E-state index contributed by atoms with van der Waals surface area (Å²) in [7, 11) is 0. The van der Waals surface area contributed by atoms with Gasteiger partial charge in [-0.15, -0.1) is 0 Å². The van der Waals surface area contributed by atoms with Gasteiger partial charge in [-0.1, -0.05) is 28.1 Å². The van der Waals surface area contributed by atoms with Gasteiger partial charge in [-0.3, -0.25) is 0 Å². The lowest BCUT2D eigenvalue weighted by atomic mass is 10.1. The molecule has 0 aliphatic heterocycles. The highest BCUT2D eigenvalue weighted by molar-refractivity contribution is 9.10. The summed E-state index contributed by atoms with van der Waals surface area (Å²) in [5, 5.41) is 0. The standard InChI is InChI=1S/C10H10BrN3/c1-6-2-3-7(4-8(6)11)9-5-13-10(12)14-9/h2-5H,1H3,(H3,12,13,14). The number of aryl methyl sites for hydroxylation is 1. The molecule has 1 aromatic heterocycles. The molecular weight excluding hydrogens is 242 g/mol. The molecule has 0 saturated carbocycles. The summed E-state index contributed by atoms with van der Waals surface area (Å²) in [6.45, 7) is 2.05. The normalized spacial score (nSPS) is 10.4. The van der Waals surface area contributed by atoms with Crippen molar-refractivity contribution in [3.05, 3.63) is 34.4 Å². The summed E-state index contributed by atoms with van der Waals surface area (Å²) in [5.41, 5.74) is 8.72. The molecule has 0 amide bonds. The van der Waals surface area contributed by atoms with Gasteiger partial charge in [0.15, 0.2) is 5.95 Å². The number of halogens is 1. The van der Waals surface area contributed by atoms with Crippen LogP contribution in [0, 0.1) is 6.92 Å². The van der Waals surface area contributed by atoms with Crippen molar-refractivity contribution in [2.75, 3.05) is 5.73 Å². The Balaban J connectivity index is 2.47. The highest BCUT2D eigenvalue weighted by Crippen LogP contribution is 2.24. The zero-order valence-electron chi connectivity index (χ0n) is 7.71. The van der Waals surface area contributed by atoms with E-state index in [0.717, 1.165) is 15.7 Å². The molecule has 0 bridgehead atoms. The smallest absolute Gasteiger partial charge is 0.197 e. The van der Waals surface area contributed by atoms with Crippen molar-refractivity contribution in [2.24, 2.45) is 0 Å². The molecular formula is C10H10BrN3. The van der Waals surface area contributed by atoms with Gasteiger partial charge >= 0.3 is 0 Å². The minimum absolute atomic E-state index is 0.441. The maximum Gasteiger partial charge on any atom is 0.197 e. The highest BCUT2D eigenvalue weighted by Gasteiger charge is 2.02. The summed E-state index contributed by atoms with van der Waals surface area (Å²) in [4.78, 5) is 6.94. The molecule has 1 aromatic carbocycles. The number of aromatic nitrogens is 2. The van der Waals surface area contributed by atoms with Crippen LogP contribution in [0.4, 0.5) is 5.95 Å². The van der Waals surface area contributed by atoms with Crippen LogP contribution in [0.1, 0.15) is 5.56 Å². The molecule has 72 valence electrons. The SMILES string of the molecule is Cc1ccc(-c2cnc(N)[nH]2)cc1Br. The van der Waals surface area contributed by atoms with Crippen LogP contribution in [-0.2, 0) is 0 Å². The fraction of sp³-hybridized carbons (Fsp3) is 0.100. The monoisotopic (exact) mass is 251 g/mol. The van der Waals surface area contributed by atoms with Gasteiger partial charge in [-0.2, -0.15) is 0 Å². The van der Waals surface area contributed by atoms with Crippen molar-refractivity contribution < 1.29 is 0 Å². The number of nitrogens with one attached hydrogen (secondary N) is 1. The number of anilines is 1. The van der Waals surface area contributed by atoms with Crippen LogP contribution in [-0.4, -0.2) is 9.97 Å². The number of imidazole rings is 1. The molecule has 4 heteroatoms. The number of nitrogens with zero attached hydrogens (tertiary/aromatic N) is 1. The van der Waals surface area contributed by atoms with E-state index in [1.165, 1.54) is 5.56 Å². The maximum absolute atomic E-state index is 5.51. The van der Waals surface area contributed by atoms with Crippen LogP contribution in [0.3, 0.4) is 0 Å². The Bertz CT molecular complexity index is 462. The van der Waals surface area contributed by atoms with E-state index in [2.05, 4.69) is 38.9 Å². The molecule has 1 heterocycles. The van der Waals surface area contributed by atoms with E-state index in [9.17, 15) is 0 Å². The van der Waals surface area contributed by atoms with Crippen molar-refractivity contribution in [3.8, 4) is 11.3 Å². The van der Waals surface area contributed by atoms with Gasteiger partial charge in [-0.05, 0) is 18.6 Å². The fourth-order valence-corrected chi connectivity index (χ4v) is 1.62. The fourth-order valence-electron chi connectivity index (χ4n) is 1.24. The molecule has 0 unspecified atom stereocenters. The minimum Gasteiger partial charge on any atom is -0.369 e. The van der Waals surface area contributed by atoms with Crippen LogP contribution < -0.4 is 5.73 Å². The second-order valence-electron chi connectivity index (χ2n) is 3.15. The second-order valence-corrected chi connectivity index (χ2v) is 4.00. The molecule has 14 heavy (non-hydrogen) atoms. The molecule has 0 atom stereocenters. The number of H-pyrrole nitrogens is 1. The Morgan fingerprint density at radius 2 is 2.21 bits per heavy atom. The lowest BCUT2D eigenvalue weighted by Gasteiger charge is -2.01. The summed E-state index contributed by atoms with van der Waals surface area (Å²) < 4.78 is 1.09. The first-order chi connectivity index (χ1) is 6.66. The second kappa shape index (κ2) is 3.46. The molecule has 0 fully saturated rings. The van der Waals surface area contributed by atoms with Gasteiger partial charge in [0.2, 0.25) is 0 Å². The zero-order valence-corrected chi connectivity index (χ0v) is 9.30. The third-order valence-electron chi connectivity index (χ3n) is 2.08. The van der Waals surface area contributed by atoms with Gasteiger partial charge in [0.05, 0.1) is 11.9 Å². The number of hydrogen-bond donors (Lipinski definition) is 2. The molecule has 0 saturated heterocycles. The maximum atomic E-state index is 5.51. The molecule has 2 aromatic rings. The van der Waals surface area contributed by atoms with Crippen LogP contribution in [0.25, 0.3) is 11.3 Å². The topological polar surface area (TPSA) is 54.7 Å². The summed E-state index contributed by atoms with van der Waals surface area (Å²) in [5.74, 6) is 0.441. The third-order valence-corrected chi connectivity index (χ3v) is 2.93. The molecule has 3 nitrogen and oxygen atoms in total. The van der Waals surface area contributed by atoms with E-state index >= 15 is 0 Å². The van der Waals surface area contributed by atoms with Crippen LogP contribution >= 0.6 is 15.9 Å². The average molecular weight is 252 g/mol. The zero-order chi connectivity index (χ0) is 10.1. The molecule has 0 radical (unpaired) electrons. The van der Waals surface area contributed by atoms with E-state index in [1.54, 1.807) is 6.20 Å². The van der Waals surface area contributed by atoms with Crippen LogP contribution in [0.2, 0.25) is 0 Å². The number of rotatable bonds is 1. The Hall–Kier alpha value is -1.29. The Morgan fingerprint density at radius 1 is 1.43 bits per heavy atom. The number of hydrogen-bond acceptors (Lipinski definition) is 2. The van der Waals surface area contributed by atoms with Crippen molar-refractivity contribution in [3.63, 3.8) is 0 Å². The molecule has 0 aliphatic carbocycles. The van der Waals surface area contributed by atoms with E-state index in [-0.39, 0.29) is 0 Å². The van der Waals surface area contributed by atoms with E-state index in [1.807, 2.05) is 12.1 Å². The lowest BCUT2D eigenvalue weighted by molar-refractivity contribution is 1.32. The third kappa shape index (κ3) is 1.65. The van der Waals surface area contributed by atoms with Gasteiger partial charge in [-0.25, -0.2) is 4.98 Å². The van der Waals surface area contributed by atoms with Crippen molar-refractivity contribution >= 4 is 21.9 Å². The van der Waals surface area contributed by atoms with E-state index in [4.69, 9.17) is 5.73 Å². The van der Waals surface area contributed by atoms with Gasteiger partial charge in [0, 0.05) is 10.0 Å². The minimum atomic E-state index is 0.441. The molecule has 2 rings (SSSR count). The highest BCUT2D eigenvalue weighted by atomic mass is 79.9. The van der Waals surface area contributed by atoms with Crippen molar-refractivity contribution in [2.45, 2.75) is 6.92 Å². The summed E-state index contributed by atoms with van der Waals surface area (Å²) in [6, 6.07) is 6.13. The van der Waals surface area contributed by atoms with Crippen LogP contribution in [0.15, 0.2) is 28.9 Å². The Labute approximate surface area is 90.5 Å². The number of benzene rings is 1. The van der Waals surface area contributed by atoms with Crippen LogP contribution in [0.5, 0.6) is 0 Å². The molecule has 0 aliphatic rings. The van der Waals surface area contributed by atoms with E-state index < -0.39 is 0 Å². The van der Waals surface area contributed by atoms with Gasteiger partial charge < -0.3 is 10.7 Å². The quantitative estimate of drug-likeness (QED) is 0.819. The average Bonchev–Trinajstić information content (AvgIpc) is 2.57. The van der Waals surface area contributed by atoms with Crippen molar-refractivity contribution in [1.29, 1.82) is 0 Å². The summed E-state index contributed by atoms with van der Waals surface area (Å²) >= 11 is 3.48. The van der Waals surface area contributed by atoms with Gasteiger partial charge in [0.1, 0.15) is 0 Å². The van der Waals surface area contributed by atoms with E-state index in [0.29, 0.717) is 5.95 Å². The molecule has 3 N–H and O–H groups in total. The first-order valence-corrected chi connectivity index (χ1v) is 5.03. The van der Waals surface area contributed by atoms with Crippen molar-refractivity contribution in [1.82, 2.24) is 9.97 Å². The predicted molar refractivity (Wildman–Crippen MR) is 60.9 cm³/mol. The Morgan fingerprint density at radius 3 is 2.79 bits per heavy atom. The predicted octanol–water partition coefficient (Wildman–Crippen LogP) is 2.73. The lowest BCUT2D eigenvalue weighted by Crippen LogP contribution is -1.86. The van der Waals surface area contributed by atoms with Gasteiger partial charge in [0.25, 0.3) is 0 Å². The number of nitrogens with two attached hydrogens (primary N) is 1. The number of aromatic amines is 1. The first-order valence-electron chi connectivity index (χ1n) is 4.24. The first kappa shape index (κ1) is 9.27.